The highest BCUT2D eigenvalue weighted by Gasteiger charge is 2.29. The highest BCUT2D eigenvalue weighted by molar-refractivity contribution is 6.37. The van der Waals surface area contributed by atoms with Crippen molar-refractivity contribution in [2.45, 2.75) is 45.8 Å². The largest absolute Gasteiger partial charge is 0.486 e. The van der Waals surface area contributed by atoms with Crippen molar-refractivity contribution >= 4 is 29.1 Å². The maximum absolute atomic E-state index is 13.0. The zero-order valence-corrected chi connectivity index (χ0v) is 17.1. The number of carbonyl (C=O) groups excluding carboxylic acids is 1. The van der Waals surface area contributed by atoms with E-state index in [0.717, 1.165) is 24.9 Å². The van der Waals surface area contributed by atoms with Gasteiger partial charge < -0.3 is 9.64 Å². The zero-order valence-electron chi connectivity index (χ0n) is 15.6. The number of aromatic nitrogens is 1. The van der Waals surface area contributed by atoms with E-state index < -0.39 is 0 Å². The van der Waals surface area contributed by atoms with Gasteiger partial charge >= 0.3 is 0 Å². The second kappa shape index (κ2) is 8.94. The molecule has 1 aliphatic rings. The molecular weight excluding hydrogens is 383 g/mol. The summed E-state index contributed by atoms with van der Waals surface area (Å²) in [5, 5.41) is 0.908. The summed E-state index contributed by atoms with van der Waals surface area (Å²) < 4.78 is 5.76. The van der Waals surface area contributed by atoms with Gasteiger partial charge in [-0.15, -0.1) is 0 Å². The molecule has 1 aromatic heterocycles. The molecule has 1 fully saturated rings. The third-order valence-electron chi connectivity index (χ3n) is 5.16. The summed E-state index contributed by atoms with van der Waals surface area (Å²) in [6.45, 7) is 5.35. The molecular formula is C21H24Cl2N2O2. The Balaban J connectivity index is 1.72. The minimum atomic E-state index is 0.0331. The van der Waals surface area contributed by atoms with Gasteiger partial charge in [-0.25, -0.2) is 0 Å². The van der Waals surface area contributed by atoms with Gasteiger partial charge in [0.1, 0.15) is 6.61 Å². The number of amides is 1. The molecule has 0 spiro atoms. The number of rotatable bonds is 5. The topological polar surface area (TPSA) is 42.4 Å². The van der Waals surface area contributed by atoms with Crippen LogP contribution in [0, 0.1) is 5.92 Å². The second-order valence-corrected chi connectivity index (χ2v) is 7.89. The van der Waals surface area contributed by atoms with Crippen LogP contribution >= 0.6 is 23.2 Å². The van der Waals surface area contributed by atoms with Crippen molar-refractivity contribution < 1.29 is 9.53 Å². The molecule has 1 saturated heterocycles. The van der Waals surface area contributed by atoms with Gasteiger partial charge in [0, 0.05) is 30.5 Å². The molecule has 1 amide bonds. The van der Waals surface area contributed by atoms with Crippen molar-refractivity contribution in [1.82, 2.24) is 9.88 Å². The molecule has 0 N–H and O–H groups in total. The Labute approximate surface area is 170 Å². The summed E-state index contributed by atoms with van der Waals surface area (Å²) in [5.41, 5.74) is 1.39. The van der Waals surface area contributed by atoms with Crippen molar-refractivity contribution in [3.8, 4) is 5.75 Å². The third-order valence-corrected chi connectivity index (χ3v) is 5.76. The molecule has 2 unspecified atom stereocenters. The first-order valence-electron chi connectivity index (χ1n) is 9.31. The van der Waals surface area contributed by atoms with Crippen molar-refractivity contribution in [3.63, 3.8) is 0 Å². The predicted molar refractivity (Wildman–Crippen MR) is 109 cm³/mol. The van der Waals surface area contributed by atoms with Crippen molar-refractivity contribution in [3.05, 3.63) is 57.8 Å². The molecule has 2 heterocycles. The van der Waals surface area contributed by atoms with Gasteiger partial charge in [0.2, 0.25) is 0 Å². The Kier molecular flexibility index (Phi) is 6.61. The molecule has 0 aliphatic carbocycles. The second-order valence-electron chi connectivity index (χ2n) is 7.08. The maximum Gasteiger partial charge on any atom is 0.255 e. The highest BCUT2D eigenvalue weighted by atomic mass is 35.5. The van der Waals surface area contributed by atoms with Gasteiger partial charge in [-0.2, -0.15) is 0 Å². The lowest BCUT2D eigenvalue weighted by molar-refractivity contribution is 0.0556. The van der Waals surface area contributed by atoms with Crippen LogP contribution in [0.25, 0.3) is 0 Å². The smallest absolute Gasteiger partial charge is 0.255 e. The molecule has 0 saturated carbocycles. The van der Waals surface area contributed by atoms with Crippen LogP contribution in [0.1, 0.15) is 49.0 Å². The van der Waals surface area contributed by atoms with E-state index in [4.69, 9.17) is 27.9 Å². The van der Waals surface area contributed by atoms with E-state index in [1.54, 1.807) is 30.6 Å². The molecule has 2 aromatic rings. The first-order valence-corrected chi connectivity index (χ1v) is 10.1. The summed E-state index contributed by atoms with van der Waals surface area (Å²) in [5.74, 6) is 1.05. The fourth-order valence-electron chi connectivity index (χ4n) is 3.42. The van der Waals surface area contributed by atoms with E-state index in [2.05, 4.69) is 18.8 Å². The van der Waals surface area contributed by atoms with Gasteiger partial charge in [0.05, 0.1) is 15.6 Å². The molecule has 144 valence electrons. The number of nitrogens with zero attached hydrogens (tertiary/aromatic N) is 2. The lowest BCUT2D eigenvalue weighted by Crippen LogP contribution is -2.45. The molecule has 4 nitrogen and oxygen atoms in total. The summed E-state index contributed by atoms with van der Waals surface area (Å²) in [4.78, 5) is 19.2. The van der Waals surface area contributed by atoms with E-state index in [1.165, 1.54) is 6.42 Å². The molecule has 6 heteroatoms. The Morgan fingerprint density at radius 1 is 1.26 bits per heavy atom. The molecule has 2 atom stereocenters. The van der Waals surface area contributed by atoms with Crippen molar-refractivity contribution in [1.29, 1.82) is 0 Å². The first-order chi connectivity index (χ1) is 13.0. The van der Waals surface area contributed by atoms with E-state index in [9.17, 15) is 4.79 Å². The average Bonchev–Trinajstić information content (AvgIpc) is 2.68. The van der Waals surface area contributed by atoms with Crippen LogP contribution in [0.15, 0.2) is 36.7 Å². The van der Waals surface area contributed by atoms with Crippen LogP contribution in [0.5, 0.6) is 5.75 Å². The molecule has 3 rings (SSSR count). The van der Waals surface area contributed by atoms with Gasteiger partial charge in [0.15, 0.2) is 5.75 Å². The summed E-state index contributed by atoms with van der Waals surface area (Å²) in [6, 6.07) is 7.30. The van der Waals surface area contributed by atoms with E-state index in [1.807, 2.05) is 11.0 Å². The highest BCUT2D eigenvalue weighted by Crippen LogP contribution is 2.33. The number of piperidine rings is 1. The fraction of sp³-hybridized carbons (Fsp3) is 0.429. The number of benzene rings is 1. The zero-order chi connectivity index (χ0) is 19.4. The van der Waals surface area contributed by atoms with Gasteiger partial charge in [-0.05, 0) is 43.9 Å². The molecule has 0 radical (unpaired) electrons. The van der Waals surface area contributed by atoms with E-state index in [0.29, 0.717) is 27.3 Å². The summed E-state index contributed by atoms with van der Waals surface area (Å²) >= 11 is 12.3. The predicted octanol–water partition coefficient (Wildman–Crippen LogP) is 5.62. The fourth-order valence-corrected chi connectivity index (χ4v) is 3.93. The number of carbonyl (C=O) groups is 1. The number of pyridine rings is 1. The third kappa shape index (κ3) is 4.74. The molecule has 0 bridgehead atoms. The Morgan fingerprint density at radius 2 is 2.00 bits per heavy atom. The number of hydrogen-bond acceptors (Lipinski definition) is 3. The minimum Gasteiger partial charge on any atom is -0.486 e. The van der Waals surface area contributed by atoms with Crippen LogP contribution in [0.3, 0.4) is 0 Å². The lowest BCUT2D eigenvalue weighted by atomic mass is 9.91. The average molecular weight is 407 g/mol. The standard InChI is InChI=1S/C21H24Cl2N2O2/c1-3-15-8-7-14(2)25(12-15)21(26)17-9-16(10-24-11-17)13-27-20-18(22)5-4-6-19(20)23/h4-6,9-11,14-15H,3,7-8,12-13H2,1-2H3. The number of para-hydroxylation sites is 1. The van der Waals surface area contributed by atoms with Gasteiger partial charge in [0.25, 0.3) is 5.91 Å². The van der Waals surface area contributed by atoms with Crippen molar-refractivity contribution in [2.24, 2.45) is 5.92 Å². The Hall–Kier alpha value is -1.78. The minimum absolute atomic E-state index is 0.0331. The summed E-state index contributed by atoms with van der Waals surface area (Å²) in [6.07, 6.45) is 6.64. The van der Waals surface area contributed by atoms with Gasteiger partial charge in [-0.1, -0.05) is 42.6 Å². The quantitative estimate of drug-likeness (QED) is 0.646. The summed E-state index contributed by atoms with van der Waals surface area (Å²) in [7, 11) is 0. The Morgan fingerprint density at radius 3 is 2.70 bits per heavy atom. The SMILES string of the molecule is CCC1CCC(C)N(C(=O)c2cncc(COc3c(Cl)cccc3Cl)c2)C1. The van der Waals surface area contributed by atoms with Crippen LogP contribution in [0.4, 0.5) is 0 Å². The molecule has 27 heavy (non-hydrogen) atoms. The Bertz CT molecular complexity index is 792. The first kappa shape index (κ1) is 20.0. The van der Waals surface area contributed by atoms with Crippen LogP contribution in [0.2, 0.25) is 10.0 Å². The van der Waals surface area contributed by atoms with Crippen LogP contribution < -0.4 is 4.74 Å². The van der Waals surface area contributed by atoms with Gasteiger partial charge in [-0.3, -0.25) is 9.78 Å². The number of hydrogen-bond donors (Lipinski definition) is 0. The monoisotopic (exact) mass is 406 g/mol. The number of likely N-dealkylation sites (tertiary alicyclic amines) is 1. The number of ether oxygens (including phenoxy) is 1. The van der Waals surface area contributed by atoms with Crippen LogP contribution in [-0.4, -0.2) is 28.4 Å². The maximum atomic E-state index is 13.0. The van der Waals surface area contributed by atoms with E-state index in [-0.39, 0.29) is 18.6 Å². The number of halogens is 2. The normalized spacial score (nSPS) is 19.8. The molecule has 1 aromatic carbocycles. The molecule has 1 aliphatic heterocycles. The van der Waals surface area contributed by atoms with Crippen LogP contribution in [-0.2, 0) is 6.61 Å². The van der Waals surface area contributed by atoms with E-state index >= 15 is 0 Å². The van der Waals surface area contributed by atoms with Crippen molar-refractivity contribution in [2.75, 3.05) is 6.54 Å². The lowest BCUT2D eigenvalue weighted by Gasteiger charge is -2.37.